The molecule has 0 unspecified atom stereocenters. The van der Waals surface area contributed by atoms with Crippen molar-refractivity contribution in [2.75, 3.05) is 18.4 Å². The average Bonchev–Trinajstić information content (AvgIpc) is 3.13. The normalized spacial score (nSPS) is 10.4. The fraction of sp³-hybridized carbons (Fsp3) is 0.278. The molecule has 25 heavy (non-hydrogen) atoms. The molecular formula is C18H21N3O4. The molecule has 3 N–H and O–H groups in total. The first-order valence-corrected chi connectivity index (χ1v) is 7.98. The zero-order valence-electron chi connectivity index (χ0n) is 14.2. The Balaban J connectivity index is 1.80. The van der Waals surface area contributed by atoms with Gasteiger partial charge < -0.3 is 20.4 Å². The molecule has 2 aromatic rings. The first-order valence-electron chi connectivity index (χ1n) is 7.98. The van der Waals surface area contributed by atoms with E-state index in [4.69, 9.17) is 4.42 Å². The summed E-state index contributed by atoms with van der Waals surface area (Å²) in [6, 6.07) is 9.69. The van der Waals surface area contributed by atoms with Gasteiger partial charge in [0.05, 0.1) is 6.26 Å². The van der Waals surface area contributed by atoms with Crippen LogP contribution in [0.4, 0.5) is 5.69 Å². The zero-order valence-corrected chi connectivity index (χ0v) is 14.2. The Morgan fingerprint density at radius 2 is 1.64 bits per heavy atom. The lowest BCUT2D eigenvalue weighted by Gasteiger charge is -2.09. The number of furan rings is 1. The molecule has 1 aromatic heterocycles. The van der Waals surface area contributed by atoms with Gasteiger partial charge in [-0.2, -0.15) is 0 Å². The minimum Gasteiger partial charge on any atom is -0.459 e. The van der Waals surface area contributed by atoms with Crippen molar-refractivity contribution in [1.82, 2.24) is 10.6 Å². The summed E-state index contributed by atoms with van der Waals surface area (Å²) in [4.78, 5) is 35.3. The highest BCUT2D eigenvalue weighted by Crippen LogP contribution is 2.11. The molecule has 0 radical (unpaired) electrons. The van der Waals surface area contributed by atoms with Crippen LogP contribution in [-0.4, -0.2) is 30.8 Å². The second-order valence-electron chi connectivity index (χ2n) is 5.71. The number of hydrogen-bond acceptors (Lipinski definition) is 4. The van der Waals surface area contributed by atoms with Crippen molar-refractivity contribution in [3.05, 3.63) is 54.0 Å². The van der Waals surface area contributed by atoms with Gasteiger partial charge in [0.2, 0.25) is 5.91 Å². The largest absolute Gasteiger partial charge is 0.459 e. The Hall–Kier alpha value is -3.09. The first-order chi connectivity index (χ1) is 12.0. The summed E-state index contributed by atoms with van der Waals surface area (Å²) in [5.74, 6) is -0.526. The molecule has 0 bridgehead atoms. The van der Waals surface area contributed by atoms with Gasteiger partial charge in [0.25, 0.3) is 11.8 Å². The van der Waals surface area contributed by atoms with Crippen LogP contribution in [0.3, 0.4) is 0 Å². The molecule has 0 aliphatic carbocycles. The second-order valence-corrected chi connectivity index (χ2v) is 5.71. The summed E-state index contributed by atoms with van der Waals surface area (Å²) in [5, 5.41) is 8.12. The van der Waals surface area contributed by atoms with Gasteiger partial charge in [-0.3, -0.25) is 14.4 Å². The Kier molecular flexibility index (Phi) is 6.33. The van der Waals surface area contributed by atoms with E-state index in [2.05, 4.69) is 16.0 Å². The summed E-state index contributed by atoms with van der Waals surface area (Å²) >= 11 is 0. The molecule has 0 aliphatic rings. The summed E-state index contributed by atoms with van der Waals surface area (Å²) in [7, 11) is 0. The molecule has 0 saturated heterocycles. The van der Waals surface area contributed by atoms with Gasteiger partial charge in [0.1, 0.15) is 0 Å². The topological polar surface area (TPSA) is 100 Å². The van der Waals surface area contributed by atoms with E-state index in [0.717, 1.165) is 0 Å². The van der Waals surface area contributed by atoms with Crippen molar-refractivity contribution < 1.29 is 18.8 Å². The van der Waals surface area contributed by atoms with Crippen molar-refractivity contribution in [2.24, 2.45) is 5.92 Å². The summed E-state index contributed by atoms with van der Waals surface area (Å²) in [6.45, 7) is 4.33. The Morgan fingerprint density at radius 1 is 0.960 bits per heavy atom. The van der Waals surface area contributed by atoms with E-state index >= 15 is 0 Å². The van der Waals surface area contributed by atoms with Crippen LogP contribution >= 0.6 is 0 Å². The number of carbonyl (C=O) groups excluding carboxylic acids is 3. The van der Waals surface area contributed by atoms with E-state index in [9.17, 15) is 14.4 Å². The number of nitrogens with one attached hydrogen (secondary N) is 3. The van der Waals surface area contributed by atoms with Crippen LogP contribution in [0.5, 0.6) is 0 Å². The minimum absolute atomic E-state index is 0.0501. The Bertz CT molecular complexity index is 721. The molecule has 7 nitrogen and oxygen atoms in total. The molecule has 3 amide bonds. The number of amides is 3. The van der Waals surface area contributed by atoms with Gasteiger partial charge in [0, 0.05) is 30.3 Å². The van der Waals surface area contributed by atoms with E-state index in [1.54, 1.807) is 50.2 Å². The number of anilines is 1. The third-order valence-electron chi connectivity index (χ3n) is 3.38. The quantitative estimate of drug-likeness (QED) is 0.670. The number of carbonyl (C=O) groups is 3. The maximum absolute atomic E-state index is 12.0. The minimum atomic E-state index is -0.358. The highest BCUT2D eigenvalue weighted by Gasteiger charge is 2.10. The third kappa shape index (κ3) is 5.49. The van der Waals surface area contributed by atoms with Gasteiger partial charge >= 0.3 is 0 Å². The smallest absolute Gasteiger partial charge is 0.291 e. The van der Waals surface area contributed by atoms with Crippen LogP contribution in [0, 0.1) is 5.92 Å². The van der Waals surface area contributed by atoms with Crippen LogP contribution in [0.25, 0.3) is 0 Å². The van der Waals surface area contributed by atoms with E-state index < -0.39 is 0 Å². The lowest BCUT2D eigenvalue weighted by molar-refractivity contribution is -0.123. The Morgan fingerprint density at radius 3 is 2.24 bits per heavy atom. The highest BCUT2D eigenvalue weighted by molar-refractivity contribution is 6.02. The number of hydrogen-bond donors (Lipinski definition) is 3. The average molecular weight is 343 g/mol. The molecule has 1 aromatic carbocycles. The second kappa shape index (κ2) is 8.68. The van der Waals surface area contributed by atoms with Crippen molar-refractivity contribution in [3.8, 4) is 0 Å². The molecular weight excluding hydrogens is 322 g/mol. The Labute approximate surface area is 145 Å². The van der Waals surface area contributed by atoms with E-state index in [0.29, 0.717) is 24.3 Å². The molecule has 0 aliphatic heterocycles. The number of rotatable bonds is 7. The van der Waals surface area contributed by atoms with E-state index in [1.165, 1.54) is 6.26 Å². The molecule has 132 valence electrons. The van der Waals surface area contributed by atoms with Gasteiger partial charge in [-0.25, -0.2) is 0 Å². The van der Waals surface area contributed by atoms with Gasteiger partial charge in [-0.05, 0) is 36.4 Å². The molecule has 7 heteroatoms. The van der Waals surface area contributed by atoms with Crippen LogP contribution in [0.1, 0.15) is 34.8 Å². The van der Waals surface area contributed by atoms with Crippen LogP contribution in [0.15, 0.2) is 47.1 Å². The zero-order chi connectivity index (χ0) is 18.2. The first kappa shape index (κ1) is 18.3. The summed E-state index contributed by atoms with van der Waals surface area (Å²) in [6.07, 6.45) is 1.42. The van der Waals surface area contributed by atoms with E-state index in [-0.39, 0.29) is 29.4 Å². The van der Waals surface area contributed by atoms with Crippen LogP contribution in [0.2, 0.25) is 0 Å². The molecule has 0 saturated carbocycles. The van der Waals surface area contributed by atoms with Crippen LogP contribution < -0.4 is 16.0 Å². The van der Waals surface area contributed by atoms with Gasteiger partial charge in [0.15, 0.2) is 5.76 Å². The lowest BCUT2D eigenvalue weighted by atomic mass is 10.2. The van der Waals surface area contributed by atoms with Crippen LogP contribution in [-0.2, 0) is 4.79 Å². The van der Waals surface area contributed by atoms with Crippen molar-refractivity contribution in [1.29, 1.82) is 0 Å². The van der Waals surface area contributed by atoms with Crippen molar-refractivity contribution >= 4 is 23.4 Å². The number of benzene rings is 1. The van der Waals surface area contributed by atoms with E-state index in [1.807, 2.05) is 0 Å². The SMILES string of the molecule is CC(C)C(=O)NCCNC(=O)c1ccc(NC(=O)c2ccco2)cc1. The van der Waals surface area contributed by atoms with Crippen molar-refractivity contribution in [3.63, 3.8) is 0 Å². The predicted molar refractivity (Wildman–Crippen MR) is 93.3 cm³/mol. The maximum atomic E-state index is 12.0. The highest BCUT2D eigenvalue weighted by atomic mass is 16.3. The van der Waals surface area contributed by atoms with Crippen molar-refractivity contribution in [2.45, 2.75) is 13.8 Å². The molecule has 2 rings (SSSR count). The molecule has 1 heterocycles. The summed E-state index contributed by atoms with van der Waals surface area (Å²) in [5.41, 5.74) is 1.02. The maximum Gasteiger partial charge on any atom is 0.291 e. The van der Waals surface area contributed by atoms with Gasteiger partial charge in [-0.15, -0.1) is 0 Å². The monoisotopic (exact) mass is 343 g/mol. The molecule has 0 spiro atoms. The molecule has 0 fully saturated rings. The summed E-state index contributed by atoms with van der Waals surface area (Å²) < 4.78 is 5.01. The van der Waals surface area contributed by atoms with Gasteiger partial charge in [-0.1, -0.05) is 13.8 Å². The fourth-order valence-corrected chi connectivity index (χ4v) is 1.97. The fourth-order valence-electron chi connectivity index (χ4n) is 1.97. The standard InChI is InChI=1S/C18H21N3O4/c1-12(2)16(22)19-9-10-20-17(23)13-5-7-14(8-6-13)21-18(24)15-4-3-11-25-15/h3-8,11-12H,9-10H2,1-2H3,(H,19,22)(H,20,23)(H,21,24). The lowest BCUT2D eigenvalue weighted by Crippen LogP contribution is -2.36. The molecule has 0 atom stereocenters. The third-order valence-corrected chi connectivity index (χ3v) is 3.38. The predicted octanol–water partition coefficient (Wildman–Crippen LogP) is 2.03.